The first kappa shape index (κ1) is 22.1. The van der Waals surface area contributed by atoms with Gasteiger partial charge < -0.3 is 15.5 Å². The predicted octanol–water partition coefficient (Wildman–Crippen LogP) is 2.96. The Morgan fingerprint density at radius 2 is 1.53 bits per heavy atom. The zero-order chi connectivity index (χ0) is 22.3. The summed E-state index contributed by atoms with van der Waals surface area (Å²) in [5.41, 5.74) is 2.01. The summed E-state index contributed by atoms with van der Waals surface area (Å²) >= 11 is 0. The van der Waals surface area contributed by atoms with Crippen LogP contribution in [0.2, 0.25) is 0 Å². The SMILES string of the molecule is O=C(NC1CCCCC1)C1C(=O)NC(CCc2ccccc2)C(=O)N1Cc1ccccc1. The Kier molecular flexibility index (Phi) is 7.20. The quantitative estimate of drug-likeness (QED) is 0.659. The molecule has 2 atom stereocenters. The summed E-state index contributed by atoms with van der Waals surface area (Å²) in [5, 5.41) is 5.86. The zero-order valence-corrected chi connectivity index (χ0v) is 18.3. The van der Waals surface area contributed by atoms with Crippen LogP contribution in [-0.2, 0) is 27.3 Å². The Hall–Kier alpha value is -3.15. The molecule has 1 heterocycles. The maximum Gasteiger partial charge on any atom is 0.253 e. The van der Waals surface area contributed by atoms with Gasteiger partial charge in [-0.05, 0) is 36.8 Å². The zero-order valence-electron chi connectivity index (χ0n) is 18.3. The summed E-state index contributed by atoms with van der Waals surface area (Å²) in [5.74, 6) is -0.972. The minimum absolute atomic E-state index is 0.0773. The molecular formula is C26H31N3O3. The Balaban J connectivity index is 1.51. The molecule has 1 saturated carbocycles. The Morgan fingerprint density at radius 1 is 0.906 bits per heavy atom. The number of hydrogen-bond donors (Lipinski definition) is 2. The van der Waals surface area contributed by atoms with Gasteiger partial charge in [0.1, 0.15) is 6.04 Å². The molecule has 1 aliphatic carbocycles. The van der Waals surface area contributed by atoms with Gasteiger partial charge in [0.05, 0.1) is 0 Å². The van der Waals surface area contributed by atoms with E-state index in [0.717, 1.165) is 36.8 Å². The molecule has 4 rings (SSSR count). The van der Waals surface area contributed by atoms with Gasteiger partial charge in [-0.1, -0.05) is 79.9 Å². The molecule has 6 nitrogen and oxygen atoms in total. The van der Waals surface area contributed by atoms with Crippen molar-refractivity contribution in [3.63, 3.8) is 0 Å². The fourth-order valence-corrected chi connectivity index (χ4v) is 4.67. The van der Waals surface area contributed by atoms with E-state index in [1.165, 1.54) is 11.3 Å². The highest BCUT2D eigenvalue weighted by Crippen LogP contribution is 2.21. The molecule has 2 aliphatic rings. The molecule has 0 aromatic heterocycles. The van der Waals surface area contributed by atoms with Crippen LogP contribution in [0.4, 0.5) is 0 Å². The van der Waals surface area contributed by atoms with E-state index in [-0.39, 0.29) is 24.4 Å². The molecule has 168 valence electrons. The minimum Gasteiger partial charge on any atom is -0.351 e. The van der Waals surface area contributed by atoms with Crippen molar-refractivity contribution >= 4 is 17.7 Å². The lowest BCUT2D eigenvalue weighted by Gasteiger charge is -2.39. The number of carbonyl (C=O) groups is 3. The third-order valence-corrected chi connectivity index (χ3v) is 6.42. The van der Waals surface area contributed by atoms with Crippen LogP contribution in [0, 0.1) is 0 Å². The lowest BCUT2D eigenvalue weighted by Crippen LogP contribution is -2.67. The van der Waals surface area contributed by atoms with Crippen LogP contribution < -0.4 is 10.6 Å². The Bertz CT molecular complexity index is 926. The molecule has 2 fully saturated rings. The summed E-state index contributed by atoms with van der Waals surface area (Å²) in [6.07, 6.45) is 6.36. The smallest absolute Gasteiger partial charge is 0.253 e. The maximum atomic E-state index is 13.4. The minimum atomic E-state index is -1.14. The maximum absolute atomic E-state index is 13.4. The summed E-state index contributed by atoms with van der Waals surface area (Å²) in [6.45, 7) is 0.234. The molecular weight excluding hydrogens is 402 g/mol. The number of benzene rings is 2. The van der Waals surface area contributed by atoms with Crippen LogP contribution in [0.15, 0.2) is 60.7 Å². The standard InChI is InChI=1S/C26H31N3O3/c30-24(27-21-14-8-3-9-15-21)23-25(31)28-22(17-16-19-10-4-1-5-11-19)26(32)29(23)18-20-12-6-2-7-13-20/h1-2,4-7,10-13,21-23H,3,8-9,14-18H2,(H,27,30)(H,28,31). The summed E-state index contributed by atoms with van der Waals surface area (Å²) in [4.78, 5) is 41.1. The third kappa shape index (κ3) is 5.36. The first-order valence-corrected chi connectivity index (χ1v) is 11.6. The van der Waals surface area contributed by atoms with E-state index in [1.54, 1.807) is 0 Å². The van der Waals surface area contributed by atoms with Crippen molar-refractivity contribution in [2.45, 2.75) is 69.6 Å². The van der Waals surface area contributed by atoms with Crippen LogP contribution in [0.25, 0.3) is 0 Å². The van der Waals surface area contributed by atoms with E-state index >= 15 is 0 Å². The average molecular weight is 434 g/mol. The molecule has 1 aliphatic heterocycles. The van der Waals surface area contributed by atoms with Crippen molar-refractivity contribution in [3.8, 4) is 0 Å². The first-order chi connectivity index (χ1) is 15.6. The Labute approximate surface area is 189 Å². The van der Waals surface area contributed by atoms with Crippen molar-refractivity contribution in [3.05, 3.63) is 71.8 Å². The molecule has 3 amide bonds. The summed E-state index contributed by atoms with van der Waals surface area (Å²) < 4.78 is 0. The topological polar surface area (TPSA) is 78.5 Å². The number of piperazine rings is 1. The highest BCUT2D eigenvalue weighted by molar-refractivity contribution is 6.10. The van der Waals surface area contributed by atoms with E-state index < -0.39 is 18.0 Å². The van der Waals surface area contributed by atoms with Gasteiger partial charge in [-0.15, -0.1) is 0 Å². The number of rotatable bonds is 7. The normalized spacial score (nSPS) is 21.8. The molecule has 1 saturated heterocycles. The summed E-state index contributed by atoms with van der Waals surface area (Å²) in [6, 6.07) is 17.7. The highest BCUT2D eigenvalue weighted by atomic mass is 16.2. The number of aryl methyl sites for hydroxylation is 1. The molecule has 32 heavy (non-hydrogen) atoms. The molecule has 2 N–H and O–H groups in total. The number of hydrogen-bond acceptors (Lipinski definition) is 3. The van der Waals surface area contributed by atoms with Gasteiger partial charge in [-0.3, -0.25) is 14.4 Å². The van der Waals surface area contributed by atoms with Crippen molar-refractivity contribution in [1.29, 1.82) is 0 Å². The fraction of sp³-hybridized carbons (Fsp3) is 0.423. The number of carbonyl (C=O) groups excluding carboxylic acids is 3. The molecule has 0 bridgehead atoms. The van der Waals surface area contributed by atoms with Gasteiger partial charge >= 0.3 is 0 Å². The van der Waals surface area contributed by atoms with E-state index in [0.29, 0.717) is 12.8 Å². The second-order valence-electron chi connectivity index (χ2n) is 8.78. The van der Waals surface area contributed by atoms with Gasteiger partial charge in [0, 0.05) is 12.6 Å². The van der Waals surface area contributed by atoms with E-state index in [1.807, 2.05) is 60.7 Å². The van der Waals surface area contributed by atoms with Crippen molar-refractivity contribution in [2.24, 2.45) is 0 Å². The molecule has 0 spiro atoms. The van der Waals surface area contributed by atoms with Gasteiger partial charge in [-0.25, -0.2) is 0 Å². The lowest BCUT2D eigenvalue weighted by molar-refractivity contribution is -0.155. The van der Waals surface area contributed by atoms with Crippen LogP contribution in [0.3, 0.4) is 0 Å². The molecule has 6 heteroatoms. The average Bonchev–Trinajstić information content (AvgIpc) is 2.82. The highest BCUT2D eigenvalue weighted by Gasteiger charge is 2.44. The van der Waals surface area contributed by atoms with E-state index in [2.05, 4.69) is 10.6 Å². The van der Waals surface area contributed by atoms with Gasteiger partial charge in [-0.2, -0.15) is 0 Å². The van der Waals surface area contributed by atoms with Crippen LogP contribution in [0.1, 0.15) is 49.7 Å². The Morgan fingerprint density at radius 3 is 2.19 bits per heavy atom. The lowest BCUT2D eigenvalue weighted by atomic mass is 9.94. The molecule has 0 radical (unpaired) electrons. The van der Waals surface area contributed by atoms with Crippen LogP contribution in [-0.4, -0.2) is 40.7 Å². The molecule has 2 unspecified atom stereocenters. The van der Waals surface area contributed by atoms with Crippen molar-refractivity contribution in [1.82, 2.24) is 15.5 Å². The van der Waals surface area contributed by atoms with Crippen LogP contribution in [0.5, 0.6) is 0 Å². The molecule has 2 aromatic carbocycles. The van der Waals surface area contributed by atoms with Crippen molar-refractivity contribution in [2.75, 3.05) is 0 Å². The van der Waals surface area contributed by atoms with E-state index in [4.69, 9.17) is 0 Å². The monoisotopic (exact) mass is 433 g/mol. The van der Waals surface area contributed by atoms with Gasteiger partial charge in [0.25, 0.3) is 11.8 Å². The molecule has 2 aromatic rings. The van der Waals surface area contributed by atoms with Gasteiger partial charge in [0.2, 0.25) is 5.91 Å². The third-order valence-electron chi connectivity index (χ3n) is 6.42. The summed E-state index contributed by atoms with van der Waals surface area (Å²) in [7, 11) is 0. The van der Waals surface area contributed by atoms with Crippen molar-refractivity contribution < 1.29 is 14.4 Å². The number of nitrogens with one attached hydrogen (secondary N) is 2. The predicted molar refractivity (Wildman–Crippen MR) is 122 cm³/mol. The number of amides is 3. The second kappa shape index (κ2) is 10.4. The largest absolute Gasteiger partial charge is 0.351 e. The van der Waals surface area contributed by atoms with Crippen LogP contribution >= 0.6 is 0 Å². The van der Waals surface area contributed by atoms with E-state index in [9.17, 15) is 14.4 Å². The fourth-order valence-electron chi connectivity index (χ4n) is 4.67. The first-order valence-electron chi connectivity index (χ1n) is 11.6. The van der Waals surface area contributed by atoms with Gasteiger partial charge in [0.15, 0.2) is 6.04 Å². The second-order valence-corrected chi connectivity index (χ2v) is 8.78. The number of nitrogens with zero attached hydrogens (tertiary/aromatic N) is 1.